The molecular formula is C17H12ClFN2O3. The van der Waals surface area contributed by atoms with Gasteiger partial charge in [0.1, 0.15) is 5.82 Å². The minimum absolute atomic E-state index is 0.0253. The van der Waals surface area contributed by atoms with Gasteiger partial charge in [0, 0.05) is 5.56 Å². The van der Waals surface area contributed by atoms with Gasteiger partial charge in [-0.05, 0) is 37.3 Å². The molecule has 3 aromatic rings. The quantitative estimate of drug-likeness (QED) is 0.653. The first-order valence-corrected chi connectivity index (χ1v) is 7.47. The van der Waals surface area contributed by atoms with Gasteiger partial charge < -0.3 is 9.15 Å². The lowest BCUT2D eigenvalue weighted by molar-refractivity contribution is 0.0280. The van der Waals surface area contributed by atoms with Gasteiger partial charge in [-0.1, -0.05) is 29.8 Å². The molecule has 0 aliphatic carbocycles. The Bertz CT molecular complexity index is 867. The Hall–Kier alpha value is -2.73. The van der Waals surface area contributed by atoms with Crippen molar-refractivity contribution in [2.45, 2.75) is 13.0 Å². The van der Waals surface area contributed by atoms with Gasteiger partial charge in [-0.25, -0.2) is 9.18 Å². The average molecular weight is 347 g/mol. The lowest BCUT2D eigenvalue weighted by Gasteiger charge is -2.10. The van der Waals surface area contributed by atoms with Crippen LogP contribution in [0.4, 0.5) is 4.39 Å². The molecule has 0 amide bonds. The maximum absolute atomic E-state index is 13.0. The first-order valence-electron chi connectivity index (χ1n) is 7.09. The van der Waals surface area contributed by atoms with Crippen molar-refractivity contribution in [2.24, 2.45) is 0 Å². The summed E-state index contributed by atoms with van der Waals surface area (Å²) in [5, 5.41) is 7.80. The summed E-state index contributed by atoms with van der Waals surface area (Å²) in [7, 11) is 0. The van der Waals surface area contributed by atoms with Gasteiger partial charge in [0.15, 0.2) is 6.10 Å². The van der Waals surface area contributed by atoms with Crippen molar-refractivity contribution in [3.05, 3.63) is 70.8 Å². The highest BCUT2D eigenvalue weighted by atomic mass is 35.5. The number of esters is 1. The fourth-order valence-corrected chi connectivity index (χ4v) is 2.27. The zero-order chi connectivity index (χ0) is 17.1. The number of aromatic nitrogens is 2. The summed E-state index contributed by atoms with van der Waals surface area (Å²) in [4.78, 5) is 12.1. The molecule has 7 heteroatoms. The van der Waals surface area contributed by atoms with E-state index in [0.29, 0.717) is 5.89 Å². The zero-order valence-corrected chi connectivity index (χ0v) is 13.3. The number of hydrogen-bond acceptors (Lipinski definition) is 5. The Labute approximate surface area is 142 Å². The topological polar surface area (TPSA) is 65.2 Å². The molecule has 2 aromatic carbocycles. The largest absolute Gasteiger partial charge is 0.449 e. The molecule has 0 radical (unpaired) electrons. The highest BCUT2D eigenvalue weighted by molar-refractivity contribution is 6.33. The van der Waals surface area contributed by atoms with E-state index < -0.39 is 17.9 Å². The molecule has 0 saturated carbocycles. The highest BCUT2D eigenvalue weighted by Crippen LogP contribution is 2.24. The van der Waals surface area contributed by atoms with E-state index in [0.717, 1.165) is 17.7 Å². The normalized spacial score (nSPS) is 12.0. The Morgan fingerprint density at radius 3 is 2.67 bits per heavy atom. The first kappa shape index (κ1) is 16.1. The Morgan fingerprint density at radius 1 is 1.21 bits per heavy atom. The van der Waals surface area contributed by atoms with Crippen LogP contribution in [0.15, 0.2) is 52.9 Å². The SMILES string of the molecule is C[C@H](OC(=O)c1ccc(F)cc1Cl)c1nnc(-c2ccccc2)o1. The number of halogens is 2. The minimum atomic E-state index is -0.774. The van der Waals surface area contributed by atoms with E-state index in [1.807, 2.05) is 30.3 Å². The van der Waals surface area contributed by atoms with Crippen molar-refractivity contribution in [3.63, 3.8) is 0 Å². The molecule has 0 fully saturated rings. The summed E-state index contributed by atoms with van der Waals surface area (Å²) in [6, 6.07) is 12.7. The molecule has 122 valence electrons. The predicted molar refractivity (Wildman–Crippen MR) is 85.0 cm³/mol. The molecule has 5 nitrogen and oxygen atoms in total. The third-order valence-electron chi connectivity index (χ3n) is 3.24. The average Bonchev–Trinajstić information content (AvgIpc) is 3.05. The molecule has 3 rings (SSSR count). The Morgan fingerprint density at radius 2 is 1.96 bits per heavy atom. The van der Waals surface area contributed by atoms with Gasteiger partial charge in [0.25, 0.3) is 5.89 Å². The monoisotopic (exact) mass is 346 g/mol. The van der Waals surface area contributed by atoms with Crippen molar-refractivity contribution in [2.75, 3.05) is 0 Å². The number of nitrogens with zero attached hydrogens (tertiary/aromatic N) is 2. The molecule has 0 bridgehead atoms. The van der Waals surface area contributed by atoms with Crippen LogP contribution in [-0.4, -0.2) is 16.2 Å². The molecule has 0 N–H and O–H groups in total. The van der Waals surface area contributed by atoms with Gasteiger partial charge >= 0.3 is 5.97 Å². The molecule has 1 atom stereocenters. The van der Waals surface area contributed by atoms with E-state index in [-0.39, 0.29) is 16.5 Å². The van der Waals surface area contributed by atoms with Crippen LogP contribution in [0, 0.1) is 5.82 Å². The van der Waals surface area contributed by atoms with E-state index in [1.54, 1.807) is 6.92 Å². The third kappa shape index (κ3) is 3.44. The maximum Gasteiger partial charge on any atom is 0.340 e. The van der Waals surface area contributed by atoms with E-state index in [9.17, 15) is 9.18 Å². The molecule has 0 aliphatic rings. The Kier molecular flexibility index (Phi) is 4.57. The fraction of sp³-hybridized carbons (Fsp3) is 0.118. The molecular weight excluding hydrogens is 335 g/mol. The van der Waals surface area contributed by atoms with Gasteiger partial charge in [0.05, 0.1) is 10.6 Å². The van der Waals surface area contributed by atoms with Crippen LogP contribution in [-0.2, 0) is 4.74 Å². The van der Waals surface area contributed by atoms with Crippen molar-refractivity contribution in [3.8, 4) is 11.5 Å². The smallest absolute Gasteiger partial charge is 0.340 e. The molecule has 24 heavy (non-hydrogen) atoms. The second kappa shape index (κ2) is 6.80. The summed E-state index contributed by atoms with van der Waals surface area (Å²) >= 11 is 5.85. The van der Waals surface area contributed by atoms with Crippen LogP contribution in [0.2, 0.25) is 5.02 Å². The predicted octanol–water partition coefficient (Wildman–Crippen LogP) is 4.45. The summed E-state index contributed by atoms with van der Waals surface area (Å²) < 4.78 is 23.8. The number of carbonyl (C=O) groups excluding carboxylic acids is 1. The number of ether oxygens (including phenoxy) is 1. The van der Waals surface area contributed by atoms with Crippen LogP contribution in [0.25, 0.3) is 11.5 Å². The standard InChI is InChI=1S/C17H12ClFN2O3/c1-10(23-17(22)13-8-7-12(19)9-14(13)18)15-20-21-16(24-15)11-5-3-2-4-6-11/h2-10H,1H3/t10-/m0/s1. The maximum atomic E-state index is 13.0. The second-order valence-electron chi connectivity index (χ2n) is 4.98. The molecule has 0 spiro atoms. The van der Waals surface area contributed by atoms with Crippen LogP contribution >= 0.6 is 11.6 Å². The number of hydrogen-bond donors (Lipinski definition) is 0. The molecule has 0 unspecified atom stereocenters. The second-order valence-corrected chi connectivity index (χ2v) is 5.39. The van der Waals surface area contributed by atoms with Crippen molar-refractivity contribution in [1.29, 1.82) is 0 Å². The number of carbonyl (C=O) groups is 1. The number of rotatable bonds is 4. The summed E-state index contributed by atoms with van der Waals surface area (Å²) in [6.45, 7) is 1.59. The van der Waals surface area contributed by atoms with Gasteiger partial charge in [-0.15, -0.1) is 10.2 Å². The van der Waals surface area contributed by atoms with E-state index in [1.165, 1.54) is 6.07 Å². The molecule has 0 saturated heterocycles. The van der Waals surface area contributed by atoms with Crippen LogP contribution < -0.4 is 0 Å². The van der Waals surface area contributed by atoms with Crippen LogP contribution in [0.1, 0.15) is 29.3 Å². The van der Waals surface area contributed by atoms with E-state index in [4.69, 9.17) is 20.8 Å². The zero-order valence-electron chi connectivity index (χ0n) is 12.6. The lowest BCUT2D eigenvalue weighted by Crippen LogP contribution is -2.10. The van der Waals surface area contributed by atoms with E-state index >= 15 is 0 Å². The lowest BCUT2D eigenvalue weighted by atomic mass is 10.2. The van der Waals surface area contributed by atoms with E-state index in [2.05, 4.69) is 10.2 Å². The van der Waals surface area contributed by atoms with Crippen molar-refractivity contribution in [1.82, 2.24) is 10.2 Å². The van der Waals surface area contributed by atoms with Gasteiger partial charge in [0.2, 0.25) is 5.89 Å². The first-order chi connectivity index (χ1) is 11.5. The highest BCUT2D eigenvalue weighted by Gasteiger charge is 2.21. The Balaban J connectivity index is 1.74. The van der Waals surface area contributed by atoms with Crippen LogP contribution in [0.3, 0.4) is 0 Å². The minimum Gasteiger partial charge on any atom is -0.449 e. The summed E-state index contributed by atoms with van der Waals surface area (Å²) in [5.74, 6) is -0.755. The summed E-state index contributed by atoms with van der Waals surface area (Å²) in [5.41, 5.74) is 0.823. The third-order valence-corrected chi connectivity index (χ3v) is 3.56. The summed E-state index contributed by atoms with van der Waals surface area (Å²) in [6.07, 6.45) is -0.774. The molecule has 1 aromatic heterocycles. The number of benzene rings is 2. The van der Waals surface area contributed by atoms with Gasteiger partial charge in [-0.2, -0.15) is 0 Å². The van der Waals surface area contributed by atoms with Crippen LogP contribution in [0.5, 0.6) is 0 Å². The van der Waals surface area contributed by atoms with Gasteiger partial charge in [-0.3, -0.25) is 0 Å². The van der Waals surface area contributed by atoms with Crippen molar-refractivity contribution < 1.29 is 18.3 Å². The van der Waals surface area contributed by atoms with Crippen molar-refractivity contribution >= 4 is 17.6 Å². The molecule has 1 heterocycles. The fourth-order valence-electron chi connectivity index (χ4n) is 2.03. The molecule has 0 aliphatic heterocycles.